The fourth-order valence-corrected chi connectivity index (χ4v) is 2.37. The smallest absolute Gasteiger partial charge is 0.172 e. The summed E-state index contributed by atoms with van der Waals surface area (Å²) in [4.78, 5) is 4.17. The number of pyridine rings is 1. The molecule has 0 aliphatic heterocycles. The van der Waals surface area contributed by atoms with Gasteiger partial charge in [-0.1, -0.05) is 11.6 Å². The maximum Gasteiger partial charge on any atom is 0.172 e. The van der Waals surface area contributed by atoms with E-state index < -0.39 is 0 Å². The zero-order chi connectivity index (χ0) is 11.2. The van der Waals surface area contributed by atoms with E-state index in [4.69, 9.17) is 17.3 Å². The van der Waals surface area contributed by atoms with Crippen LogP contribution in [0.1, 0.15) is 19.9 Å². The van der Waals surface area contributed by atoms with E-state index in [9.17, 15) is 0 Å². The van der Waals surface area contributed by atoms with Crippen LogP contribution in [0, 0.1) is 0 Å². The summed E-state index contributed by atoms with van der Waals surface area (Å²) in [5.41, 5.74) is 7.30. The summed E-state index contributed by atoms with van der Waals surface area (Å²) in [5.74, 6) is 0.405. The molecule has 2 aromatic rings. The predicted molar refractivity (Wildman–Crippen MR) is 65.0 cm³/mol. The van der Waals surface area contributed by atoms with Gasteiger partial charge >= 0.3 is 0 Å². The van der Waals surface area contributed by atoms with Gasteiger partial charge in [-0.2, -0.15) is 5.10 Å². The van der Waals surface area contributed by atoms with E-state index in [1.807, 2.05) is 18.5 Å². The van der Waals surface area contributed by atoms with Crippen molar-refractivity contribution in [3.63, 3.8) is 0 Å². The first kappa shape index (κ1) is 10.7. The van der Waals surface area contributed by atoms with Gasteiger partial charge in [-0.3, -0.25) is 4.68 Å². The van der Waals surface area contributed by atoms with Crippen molar-refractivity contribution in [2.24, 2.45) is 0 Å². The maximum absolute atomic E-state index is 5.85. The molecule has 0 unspecified atom stereocenters. The number of fused-ring (bicyclic) bond motifs is 1. The van der Waals surface area contributed by atoms with Crippen molar-refractivity contribution in [2.75, 3.05) is 5.73 Å². The largest absolute Gasteiger partial charge is 0.380 e. The predicted octanol–water partition coefficient (Wildman–Crippen LogP) is 3.01. The topological polar surface area (TPSA) is 56.7 Å². The lowest BCUT2D eigenvalue weighted by Gasteiger charge is -2.07. The molecule has 0 saturated heterocycles. The van der Waals surface area contributed by atoms with Crippen molar-refractivity contribution in [2.45, 2.75) is 19.9 Å². The molecule has 2 N–H and O–H groups in total. The van der Waals surface area contributed by atoms with E-state index in [-0.39, 0.29) is 6.04 Å². The third-order valence-electron chi connectivity index (χ3n) is 2.09. The zero-order valence-electron chi connectivity index (χ0n) is 8.33. The van der Waals surface area contributed by atoms with E-state index in [2.05, 4.69) is 26.0 Å². The first-order valence-electron chi connectivity index (χ1n) is 4.50. The minimum absolute atomic E-state index is 0.226. The summed E-state index contributed by atoms with van der Waals surface area (Å²) in [7, 11) is 0. The first-order chi connectivity index (χ1) is 7.00. The highest BCUT2D eigenvalue weighted by Gasteiger charge is 2.15. The lowest BCUT2D eigenvalue weighted by Crippen LogP contribution is -2.03. The SMILES string of the molecule is CC(C)n1nc(N)c2nc(Cl)cc(Br)c21. The van der Waals surface area contributed by atoms with Crippen molar-refractivity contribution in [3.05, 3.63) is 15.7 Å². The summed E-state index contributed by atoms with van der Waals surface area (Å²) in [6.45, 7) is 4.07. The van der Waals surface area contributed by atoms with Crippen LogP contribution in [0.2, 0.25) is 5.15 Å². The van der Waals surface area contributed by atoms with Crippen LogP contribution in [-0.4, -0.2) is 14.8 Å². The third-order valence-corrected chi connectivity index (χ3v) is 2.89. The second-order valence-corrected chi connectivity index (χ2v) is 4.79. The molecule has 0 aliphatic rings. The van der Waals surface area contributed by atoms with Crippen LogP contribution in [0.15, 0.2) is 10.5 Å². The molecule has 0 fully saturated rings. The Bertz CT molecular complexity index is 520. The molecular formula is C9H10BrClN4. The van der Waals surface area contributed by atoms with Crippen LogP contribution < -0.4 is 5.73 Å². The van der Waals surface area contributed by atoms with Crippen LogP contribution in [0.25, 0.3) is 11.0 Å². The second-order valence-electron chi connectivity index (χ2n) is 3.55. The van der Waals surface area contributed by atoms with Crippen molar-refractivity contribution in [1.29, 1.82) is 0 Å². The molecular weight excluding hydrogens is 279 g/mol. The molecule has 0 spiro atoms. The molecule has 0 amide bonds. The average Bonchev–Trinajstić information content (AvgIpc) is 2.44. The van der Waals surface area contributed by atoms with Gasteiger partial charge in [0.1, 0.15) is 16.2 Å². The molecule has 6 heteroatoms. The molecule has 0 aromatic carbocycles. The van der Waals surface area contributed by atoms with Gasteiger partial charge in [-0.05, 0) is 35.8 Å². The van der Waals surface area contributed by atoms with Crippen LogP contribution in [0.4, 0.5) is 5.82 Å². The van der Waals surface area contributed by atoms with E-state index in [0.29, 0.717) is 16.5 Å². The molecule has 0 bridgehead atoms. The fraction of sp³-hybridized carbons (Fsp3) is 0.333. The number of nitrogens with zero attached hydrogens (tertiary/aromatic N) is 3. The summed E-state index contributed by atoms with van der Waals surface area (Å²) in [6.07, 6.45) is 0. The van der Waals surface area contributed by atoms with E-state index in [1.54, 1.807) is 6.07 Å². The molecule has 2 rings (SSSR count). The van der Waals surface area contributed by atoms with Gasteiger partial charge in [-0.15, -0.1) is 0 Å². The molecule has 80 valence electrons. The van der Waals surface area contributed by atoms with Crippen molar-refractivity contribution in [1.82, 2.24) is 14.8 Å². The number of anilines is 1. The molecule has 0 saturated carbocycles. The molecule has 2 aromatic heterocycles. The number of halogens is 2. The quantitative estimate of drug-likeness (QED) is 0.821. The van der Waals surface area contributed by atoms with Gasteiger partial charge in [0, 0.05) is 10.5 Å². The average molecular weight is 290 g/mol. The summed E-state index contributed by atoms with van der Waals surface area (Å²) in [6, 6.07) is 1.97. The van der Waals surface area contributed by atoms with Gasteiger partial charge in [0.05, 0.1) is 0 Å². The van der Waals surface area contributed by atoms with Gasteiger partial charge < -0.3 is 5.73 Å². The van der Waals surface area contributed by atoms with Gasteiger partial charge in [0.2, 0.25) is 0 Å². The fourth-order valence-electron chi connectivity index (χ4n) is 1.46. The Labute approximate surface area is 101 Å². The molecule has 4 nitrogen and oxygen atoms in total. The van der Waals surface area contributed by atoms with Crippen molar-refractivity contribution < 1.29 is 0 Å². The number of rotatable bonds is 1. The monoisotopic (exact) mass is 288 g/mol. The number of nitrogens with two attached hydrogens (primary N) is 1. The normalized spacial score (nSPS) is 11.5. The molecule has 0 aliphatic carbocycles. The Balaban J connectivity index is 2.87. The Hall–Kier alpha value is -0.810. The molecule has 15 heavy (non-hydrogen) atoms. The Morgan fingerprint density at radius 1 is 1.53 bits per heavy atom. The van der Waals surface area contributed by atoms with Crippen LogP contribution in [-0.2, 0) is 0 Å². The van der Waals surface area contributed by atoms with Crippen molar-refractivity contribution in [3.8, 4) is 0 Å². The van der Waals surface area contributed by atoms with Crippen LogP contribution in [0.5, 0.6) is 0 Å². The number of aromatic nitrogens is 3. The Kier molecular flexibility index (Phi) is 2.60. The summed E-state index contributed by atoms with van der Waals surface area (Å²) < 4.78 is 2.69. The Morgan fingerprint density at radius 3 is 2.80 bits per heavy atom. The van der Waals surface area contributed by atoms with E-state index in [1.165, 1.54) is 0 Å². The number of nitrogen functional groups attached to an aromatic ring is 1. The lowest BCUT2D eigenvalue weighted by molar-refractivity contribution is 0.552. The van der Waals surface area contributed by atoms with Crippen LogP contribution in [0.3, 0.4) is 0 Å². The maximum atomic E-state index is 5.85. The second kappa shape index (κ2) is 3.64. The molecule has 0 atom stereocenters. The Morgan fingerprint density at radius 2 is 2.20 bits per heavy atom. The minimum atomic E-state index is 0.226. The number of hydrogen-bond acceptors (Lipinski definition) is 3. The van der Waals surface area contributed by atoms with Crippen LogP contribution >= 0.6 is 27.5 Å². The molecule has 0 radical (unpaired) electrons. The van der Waals surface area contributed by atoms with Gasteiger partial charge in [0.25, 0.3) is 0 Å². The highest BCUT2D eigenvalue weighted by molar-refractivity contribution is 9.10. The summed E-state index contributed by atoms with van der Waals surface area (Å²) in [5, 5.41) is 4.64. The minimum Gasteiger partial charge on any atom is -0.380 e. The highest BCUT2D eigenvalue weighted by atomic mass is 79.9. The zero-order valence-corrected chi connectivity index (χ0v) is 10.7. The summed E-state index contributed by atoms with van der Waals surface area (Å²) >= 11 is 9.29. The third kappa shape index (κ3) is 1.70. The van der Waals surface area contributed by atoms with Gasteiger partial charge in [0.15, 0.2) is 5.82 Å². The molecule has 2 heterocycles. The van der Waals surface area contributed by atoms with E-state index in [0.717, 1.165) is 9.99 Å². The standard InChI is InChI=1S/C9H10BrClN4/c1-4(2)15-8-5(10)3-6(11)13-7(8)9(12)14-15/h3-4H,1-2H3,(H2,12,14). The lowest BCUT2D eigenvalue weighted by atomic mass is 10.3. The van der Waals surface area contributed by atoms with E-state index >= 15 is 0 Å². The number of hydrogen-bond donors (Lipinski definition) is 1. The highest BCUT2D eigenvalue weighted by Crippen LogP contribution is 2.30. The first-order valence-corrected chi connectivity index (χ1v) is 5.67. The van der Waals surface area contributed by atoms with Crippen molar-refractivity contribution >= 4 is 44.4 Å². The van der Waals surface area contributed by atoms with Gasteiger partial charge in [-0.25, -0.2) is 4.98 Å².